The molecule has 0 spiro atoms. The van der Waals surface area contributed by atoms with Crippen molar-refractivity contribution in [3.8, 4) is 0 Å². The van der Waals surface area contributed by atoms with Gasteiger partial charge in [0.15, 0.2) is 0 Å². The highest BCUT2D eigenvalue weighted by Gasteiger charge is 2.42. The largest absolute Gasteiger partial charge is 0.375 e. The fourth-order valence-electron chi connectivity index (χ4n) is 9.71. The molecule has 3 amide bonds. The highest BCUT2D eigenvalue weighted by molar-refractivity contribution is 5.92. The van der Waals surface area contributed by atoms with Gasteiger partial charge in [0.25, 0.3) is 0 Å². The highest BCUT2D eigenvalue weighted by Crippen LogP contribution is 2.37. The fourth-order valence-corrected chi connectivity index (χ4v) is 9.71. The number of hydrogen-bond donors (Lipinski definition) is 4. The second-order valence-corrected chi connectivity index (χ2v) is 15.8. The third kappa shape index (κ3) is 9.25. The van der Waals surface area contributed by atoms with Gasteiger partial charge in [0.1, 0.15) is 18.3 Å². The number of amides is 3. The van der Waals surface area contributed by atoms with Gasteiger partial charge in [-0.05, 0) is 82.0 Å². The van der Waals surface area contributed by atoms with Crippen LogP contribution in [0.25, 0.3) is 0 Å². The first-order chi connectivity index (χ1) is 22.4. The summed E-state index contributed by atoms with van der Waals surface area (Å²) in [6.07, 6.45) is 23.2. The summed E-state index contributed by atoms with van der Waals surface area (Å²) in [6.45, 7) is 1.82. The van der Waals surface area contributed by atoms with Crippen molar-refractivity contribution in [2.24, 2.45) is 17.8 Å². The molecule has 4 bridgehead atoms. The minimum atomic E-state index is -0.646. The van der Waals surface area contributed by atoms with Gasteiger partial charge in [-0.2, -0.15) is 0 Å². The number of hydrogen-bond acceptors (Lipinski definition) is 6. The van der Waals surface area contributed by atoms with E-state index >= 15 is 0 Å². The van der Waals surface area contributed by atoms with Gasteiger partial charge in [0.2, 0.25) is 17.7 Å². The summed E-state index contributed by atoms with van der Waals surface area (Å²) in [4.78, 5) is 41.0. The normalized spacial score (nSPS) is 39.9. The van der Waals surface area contributed by atoms with Crippen LogP contribution in [0.2, 0.25) is 0 Å². The molecule has 9 nitrogen and oxygen atoms in total. The average Bonchev–Trinajstić information content (AvgIpc) is 3.51. The summed E-state index contributed by atoms with van der Waals surface area (Å²) in [6, 6.07) is -1.09. The summed E-state index contributed by atoms with van der Waals surface area (Å²) < 4.78 is 13.4. The van der Waals surface area contributed by atoms with E-state index in [1.807, 2.05) is 6.92 Å². The van der Waals surface area contributed by atoms with Gasteiger partial charge in [0, 0.05) is 12.5 Å². The lowest BCUT2D eigenvalue weighted by atomic mass is 9.81. The second kappa shape index (κ2) is 16.6. The van der Waals surface area contributed by atoms with Crippen molar-refractivity contribution in [3.05, 3.63) is 0 Å². The van der Waals surface area contributed by atoms with Gasteiger partial charge in [-0.15, -0.1) is 0 Å². The van der Waals surface area contributed by atoms with Crippen LogP contribution in [0.3, 0.4) is 0 Å². The van der Waals surface area contributed by atoms with E-state index in [-0.39, 0.29) is 48.3 Å². The Balaban J connectivity index is 1.25. The lowest BCUT2D eigenvalue weighted by molar-refractivity contribution is -0.133. The molecule has 6 rings (SSSR count). The average molecular weight is 643 g/mol. The van der Waals surface area contributed by atoms with E-state index in [4.69, 9.17) is 9.47 Å². The zero-order chi connectivity index (χ0) is 31.9. The van der Waals surface area contributed by atoms with Crippen LogP contribution >= 0.6 is 0 Å². The van der Waals surface area contributed by atoms with Crippen molar-refractivity contribution < 1.29 is 23.9 Å². The summed E-state index contributed by atoms with van der Waals surface area (Å²) in [7, 11) is 0. The smallest absolute Gasteiger partial charge is 0.243 e. The van der Waals surface area contributed by atoms with Gasteiger partial charge >= 0.3 is 0 Å². The van der Waals surface area contributed by atoms with Crippen LogP contribution in [0.4, 0.5) is 0 Å². The standard InChI is InChI=1S/C37H62N4O5/c1-2-34(42)38-31-22-25-12-8-14-27(20-25)45-28-15-9-13-26(21-28)23-32(37-41-29-16-6-7-17-33(29)46-37)40-35(43)30(39-36(31)44)19-18-24-10-4-3-5-11-24/h24-33,37,41H,2-23H2,1H3,(H,38,42)(H,39,44)(H,40,43)/t25?,26?,27?,28?,29?,30-,31-,32-,33?,37?/m0/s1. The minimum Gasteiger partial charge on any atom is -0.375 e. The number of rotatable bonds is 6. The van der Waals surface area contributed by atoms with Crippen LogP contribution < -0.4 is 21.3 Å². The quantitative estimate of drug-likeness (QED) is 0.309. The van der Waals surface area contributed by atoms with Gasteiger partial charge in [-0.25, -0.2) is 0 Å². The first-order valence-electron chi connectivity index (χ1n) is 19.4. The molecular weight excluding hydrogens is 580 g/mol. The third-order valence-corrected chi connectivity index (χ3v) is 12.3. The van der Waals surface area contributed by atoms with Crippen molar-refractivity contribution >= 4 is 17.7 Å². The van der Waals surface area contributed by atoms with Crippen LogP contribution in [-0.2, 0) is 23.9 Å². The van der Waals surface area contributed by atoms with Gasteiger partial charge < -0.3 is 25.4 Å². The zero-order valence-electron chi connectivity index (χ0n) is 28.4. The van der Waals surface area contributed by atoms with E-state index in [0.717, 1.165) is 77.0 Å². The summed E-state index contributed by atoms with van der Waals surface area (Å²) in [5.41, 5.74) is 0. The Morgan fingerprint density at radius 3 is 2.11 bits per heavy atom. The molecule has 0 aromatic heterocycles. The SMILES string of the molecule is CCC(=O)N[C@H]1CC2CCCC(C2)OC2CCCC(C2)C[C@@H](C2NC3CCCCC3O2)NC(=O)[C@H](CCC2CCCCC2)NC1=O. The molecular formula is C37H62N4O5. The highest BCUT2D eigenvalue weighted by atomic mass is 16.5. The lowest BCUT2D eigenvalue weighted by Gasteiger charge is -2.38. The third-order valence-electron chi connectivity index (χ3n) is 12.3. The molecule has 6 fully saturated rings. The summed E-state index contributed by atoms with van der Waals surface area (Å²) >= 11 is 0. The van der Waals surface area contributed by atoms with Crippen molar-refractivity contribution in [3.63, 3.8) is 0 Å². The molecule has 260 valence electrons. The Kier molecular flexibility index (Phi) is 12.3. The summed E-state index contributed by atoms with van der Waals surface area (Å²) in [5, 5.41) is 13.4. The topological polar surface area (TPSA) is 118 Å². The Labute approximate surface area is 277 Å². The molecule has 6 aliphatic rings. The monoisotopic (exact) mass is 642 g/mol. The molecule has 0 aromatic rings. The molecule has 0 aromatic carbocycles. The summed E-state index contributed by atoms with van der Waals surface area (Å²) in [5.74, 6) is 0.922. The van der Waals surface area contributed by atoms with Crippen molar-refractivity contribution in [1.29, 1.82) is 0 Å². The number of fused-ring (bicyclic) bond motifs is 5. The number of carbonyl (C=O) groups excluding carboxylic acids is 3. The lowest BCUT2D eigenvalue weighted by Crippen LogP contribution is -2.58. The fraction of sp³-hybridized carbons (Fsp3) is 0.919. The molecule has 46 heavy (non-hydrogen) atoms. The Bertz CT molecular complexity index is 1010. The predicted octanol–water partition coefficient (Wildman–Crippen LogP) is 5.40. The second-order valence-electron chi connectivity index (χ2n) is 15.8. The molecule has 9 heteroatoms. The van der Waals surface area contributed by atoms with Crippen LogP contribution in [-0.4, -0.2) is 66.4 Å². The van der Waals surface area contributed by atoms with Gasteiger partial charge in [-0.1, -0.05) is 77.6 Å². The van der Waals surface area contributed by atoms with Crippen LogP contribution in [0.15, 0.2) is 0 Å². The van der Waals surface area contributed by atoms with Crippen molar-refractivity contribution in [2.45, 2.75) is 197 Å². The van der Waals surface area contributed by atoms with Crippen LogP contribution in [0.1, 0.15) is 148 Å². The van der Waals surface area contributed by atoms with Crippen molar-refractivity contribution in [1.82, 2.24) is 21.3 Å². The maximum Gasteiger partial charge on any atom is 0.243 e. The van der Waals surface area contributed by atoms with Gasteiger partial charge in [0.05, 0.1) is 24.4 Å². The zero-order valence-corrected chi connectivity index (χ0v) is 28.4. The molecule has 4 N–H and O–H groups in total. The van der Waals surface area contributed by atoms with Crippen LogP contribution in [0, 0.1) is 17.8 Å². The molecule has 2 heterocycles. The molecule has 2 saturated heterocycles. The van der Waals surface area contributed by atoms with E-state index < -0.39 is 12.1 Å². The Morgan fingerprint density at radius 2 is 1.39 bits per heavy atom. The molecule has 2 aliphatic heterocycles. The van der Waals surface area contributed by atoms with E-state index in [9.17, 15) is 14.4 Å². The Hall–Kier alpha value is -1.71. The molecule has 4 saturated carbocycles. The maximum atomic E-state index is 14.3. The molecule has 4 aliphatic carbocycles. The van der Waals surface area contributed by atoms with E-state index in [1.54, 1.807) is 0 Å². The predicted molar refractivity (Wildman–Crippen MR) is 178 cm³/mol. The number of ether oxygens (including phenoxy) is 2. The number of nitrogens with one attached hydrogen (secondary N) is 4. The van der Waals surface area contributed by atoms with E-state index in [1.165, 1.54) is 44.9 Å². The minimum absolute atomic E-state index is 0.108. The molecule has 10 atom stereocenters. The van der Waals surface area contributed by atoms with E-state index in [0.29, 0.717) is 43.1 Å². The van der Waals surface area contributed by atoms with Gasteiger partial charge in [-0.3, -0.25) is 19.7 Å². The number of carbonyl (C=O) groups is 3. The van der Waals surface area contributed by atoms with E-state index in [2.05, 4.69) is 21.3 Å². The first-order valence-corrected chi connectivity index (χ1v) is 19.4. The molecule has 7 unspecified atom stereocenters. The Morgan fingerprint density at radius 1 is 0.696 bits per heavy atom. The van der Waals surface area contributed by atoms with Crippen LogP contribution in [0.5, 0.6) is 0 Å². The first kappa shape index (κ1) is 34.2. The maximum absolute atomic E-state index is 14.3. The molecule has 0 radical (unpaired) electrons. The van der Waals surface area contributed by atoms with Crippen molar-refractivity contribution in [2.75, 3.05) is 0 Å².